The lowest BCUT2D eigenvalue weighted by Crippen LogP contribution is -2.39. The Kier molecular flexibility index (Phi) is 7.72. The molecule has 1 aliphatic rings. The zero-order valence-electron chi connectivity index (χ0n) is 14.8. The third-order valence-corrected chi connectivity index (χ3v) is 5.62. The van der Waals surface area contributed by atoms with Gasteiger partial charge in [0.15, 0.2) is 27.3 Å². The maximum absolute atomic E-state index is 12.3. The summed E-state index contributed by atoms with van der Waals surface area (Å²) in [5, 5.41) is 6.17. The lowest BCUT2D eigenvalue weighted by Gasteiger charge is -2.12. The van der Waals surface area contributed by atoms with Gasteiger partial charge in [0.25, 0.3) is 0 Å². The second kappa shape index (κ2) is 9.79. The largest absolute Gasteiger partial charge is 0.454 e. The molecule has 3 rings (SSSR count). The van der Waals surface area contributed by atoms with Crippen molar-refractivity contribution in [2.45, 2.75) is 11.4 Å². The molecule has 0 atom stereocenters. The lowest BCUT2D eigenvalue weighted by molar-refractivity contribution is 0.174. The summed E-state index contributed by atoms with van der Waals surface area (Å²) in [5.74, 6) is 1.98. The molecule has 2 aromatic carbocycles. The van der Waals surface area contributed by atoms with Gasteiger partial charge in [-0.3, -0.25) is 4.99 Å². The first-order valence-electron chi connectivity index (χ1n) is 8.19. The molecule has 0 saturated carbocycles. The SMILES string of the molecule is CN=C(NCCS(=O)(=O)c1ccccc1)NCc1ccc2c(c1)OCO2.I. The molecule has 2 N–H and O–H groups in total. The molecule has 0 unspecified atom stereocenters. The quantitative estimate of drug-likeness (QED) is 0.357. The molecule has 0 radical (unpaired) electrons. The van der Waals surface area contributed by atoms with Gasteiger partial charge in [0.2, 0.25) is 6.79 Å². The van der Waals surface area contributed by atoms with Gasteiger partial charge in [0, 0.05) is 20.1 Å². The first kappa shape index (κ1) is 21.3. The Morgan fingerprint density at radius 3 is 2.56 bits per heavy atom. The second-order valence-corrected chi connectivity index (χ2v) is 7.78. The van der Waals surface area contributed by atoms with Crippen molar-refractivity contribution in [3.8, 4) is 11.5 Å². The van der Waals surface area contributed by atoms with Crippen molar-refractivity contribution >= 4 is 39.8 Å². The minimum atomic E-state index is -3.31. The number of ether oxygens (including phenoxy) is 2. The molecule has 0 fully saturated rings. The number of hydrogen-bond acceptors (Lipinski definition) is 5. The molecule has 0 aliphatic carbocycles. The summed E-state index contributed by atoms with van der Waals surface area (Å²) in [6.07, 6.45) is 0. The summed E-state index contributed by atoms with van der Waals surface area (Å²) in [5.41, 5.74) is 1.01. The van der Waals surface area contributed by atoms with Crippen LogP contribution in [0.15, 0.2) is 58.4 Å². The fraction of sp³-hybridized carbons (Fsp3) is 0.278. The highest BCUT2D eigenvalue weighted by atomic mass is 127. The van der Waals surface area contributed by atoms with Crippen LogP contribution in [0, 0.1) is 0 Å². The summed E-state index contributed by atoms with van der Waals surface area (Å²) < 4.78 is 35.2. The van der Waals surface area contributed by atoms with Crippen LogP contribution in [0.3, 0.4) is 0 Å². The molecule has 2 aromatic rings. The summed E-state index contributed by atoms with van der Waals surface area (Å²) in [4.78, 5) is 4.44. The summed E-state index contributed by atoms with van der Waals surface area (Å²) in [7, 11) is -1.67. The van der Waals surface area contributed by atoms with Crippen molar-refractivity contribution in [1.82, 2.24) is 10.6 Å². The molecule has 0 saturated heterocycles. The van der Waals surface area contributed by atoms with Gasteiger partial charge in [0.1, 0.15) is 0 Å². The first-order chi connectivity index (χ1) is 12.6. The number of sulfone groups is 1. The van der Waals surface area contributed by atoms with Crippen molar-refractivity contribution < 1.29 is 17.9 Å². The average molecular weight is 503 g/mol. The molecule has 1 heterocycles. The third kappa shape index (κ3) is 5.73. The molecular formula is C18H22IN3O4S. The van der Waals surface area contributed by atoms with E-state index >= 15 is 0 Å². The van der Waals surface area contributed by atoms with Gasteiger partial charge in [-0.2, -0.15) is 0 Å². The van der Waals surface area contributed by atoms with Crippen LogP contribution in [-0.2, 0) is 16.4 Å². The van der Waals surface area contributed by atoms with Gasteiger partial charge in [-0.1, -0.05) is 24.3 Å². The van der Waals surface area contributed by atoms with E-state index in [9.17, 15) is 8.42 Å². The number of guanidine groups is 1. The van der Waals surface area contributed by atoms with Crippen LogP contribution in [0.1, 0.15) is 5.56 Å². The number of hydrogen-bond donors (Lipinski definition) is 2. The minimum absolute atomic E-state index is 0. The summed E-state index contributed by atoms with van der Waals surface area (Å²) in [6, 6.07) is 14.1. The average Bonchev–Trinajstić information content (AvgIpc) is 3.13. The van der Waals surface area contributed by atoms with Crippen molar-refractivity contribution in [3.05, 3.63) is 54.1 Å². The summed E-state index contributed by atoms with van der Waals surface area (Å²) in [6.45, 7) is 1.03. The van der Waals surface area contributed by atoms with E-state index in [1.807, 2.05) is 18.2 Å². The Labute approximate surface area is 176 Å². The monoisotopic (exact) mass is 503 g/mol. The topological polar surface area (TPSA) is 89.0 Å². The van der Waals surface area contributed by atoms with Crippen LogP contribution >= 0.6 is 24.0 Å². The molecule has 0 amide bonds. The van der Waals surface area contributed by atoms with Gasteiger partial charge in [0.05, 0.1) is 10.6 Å². The van der Waals surface area contributed by atoms with Crippen LogP contribution in [-0.4, -0.2) is 40.5 Å². The Bertz CT molecular complexity index is 889. The predicted molar refractivity (Wildman–Crippen MR) is 115 cm³/mol. The number of nitrogens with one attached hydrogen (secondary N) is 2. The fourth-order valence-electron chi connectivity index (χ4n) is 2.51. The predicted octanol–water partition coefficient (Wildman–Crippen LogP) is 2.17. The standard InChI is InChI=1S/C18H21N3O4S.HI/c1-19-18(20-9-10-26(22,23)15-5-3-2-4-6-15)21-12-14-7-8-16-17(11-14)25-13-24-16;/h2-8,11H,9-10,12-13H2,1H3,(H2,19,20,21);1H. The second-order valence-electron chi connectivity index (χ2n) is 5.67. The first-order valence-corrected chi connectivity index (χ1v) is 9.84. The van der Waals surface area contributed by atoms with Gasteiger partial charge in [-0.15, -0.1) is 24.0 Å². The molecule has 0 aromatic heterocycles. The van der Waals surface area contributed by atoms with Crippen molar-refractivity contribution in [2.75, 3.05) is 26.1 Å². The summed E-state index contributed by atoms with van der Waals surface area (Å²) >= 11 is 0. The molecule has 9 heteroatoms. The van der Waals surface area contributed by atoms with Gasteiger partial charge in [-0.05, 0) is 29.8 Å². The van der Waals surface area contributed by atoms with Gasteiger partial charge in [-0.25, -0.2) is 8.42 Å². The molecule has 0 bridgehead atoms. The number of nitrogens with zero attached hydrogens (tertiary/aromatic N) is 1. The highest BCUT2D eigenvalue weighted by molar-refractivity contribution is 14.0. The van der Waals surface area contributed by atoms with Gasteiger partial charge >= 0.3 is 0 Å². The van der Waals surface area contributed by atoms with Crippen molar-refractivity contribution in [2.24, 2.45) is 4.99 Å². The van der Waals surface area contributed by atoms with Gasteiger partial charge < -0.3 is 20.1 Å². The highest BCUT2D eigenvalue weighted by Crippen LogP contribution is 2.32. The van der Waals surface area contributed by atoms with E-state index in [1.54, 1.807) is 37.4 Å². The third-order valence-electron chi connectivity index (χ3n) is 3.89. The maximum atomic E-state index is 12.3. The van der Waals surface area contributed by atoms with E-state index in [2.05, 4.69) is 15.6 Å². The normalized spacial score (nSPS) is 13.0. The Morgan fingerprint density at radius 1 is 1.07 bits per heavy atom. The number of benzene rings is 2. The number of halogens is 1. The number of rotatable bonds is 6. The van der Waals surface area contributed by atoms with Crippen molar-refractivity contribution in [3.63, 3.8) is 0 Å². The smallest absolute Gasteiger partial charge is 0.231 e. The molecular weight excluding hydrogens is 481 g/mol. The zero-order chi connectivity index (χ0) is 18.4. The Balaban J connectivity index is 0.00000261. The Hall–Kier alpha value is -2.01. The molecule has 1 aliphatic heterocycles. The Morgan fingerprint density at radius 2 is 1.81 bits per heavy atom. The highest BCUT2D eigenvalue weighted by Gasteiger charge is 2.14. The fourth-order valence-corrected chi connectivity index (χ4v) is 3.69. The number of fused-ring (bicyclic) bond motifs is 1. The van der Waals surface area contributed by atoms with E-state index in [-0.39, 0.29) is 43.1 Å². The van der Waals surface area contributed by atoms with E-state index in [1.165, 1.54) is 0 Å². The maximum Gasteiger partial charge on any atom is 0.231 e. The van der Waals surface area contributed by atoms with E-state index in [0.29, 0.717) is 17.4 Å². The lowest BCUT2D eigenvalue weighted by atomic mass is 10.2. The minimum Gasteiger partial charge on any atom is -0.454 e. The van der Waals surface area contributed by atoms with E-state index < -0.39 is 9.84 Å². The molecule has 146 valence electrons. The zero-order valence-corrected chi connectivity index (χ0v) is 18.0. The molecule has 0 spiro atoms. The molecule has 27 heavy (non-hydrogen) atoms. The van der Waals surface area contributed by atoms with Crippen LogP contribution in [0.5, 0.6) is 11.5 Å². The van der Waals surface area contributed by atoms with Crippen LogP contribution in [0.4, 0.5) is 0 Å². The van der Waals surface area contributed by atoms with Crippen LogP contribution in [0.2, 0.25) is 0 Å². The van der Waals surface area contributed by atoms with Crippen LogP contribution < -0.4 is 20.1 Å². The van der Waals surface area contributed by atoms with Crippen LogP contribution in [0.25, 0.3) is 0 Å². The molecule has 7 nitrogen and oxygen atoms in total. The van der Waals surface area contributed by atoms with E-state index in [4.69, 9.17) is 9.47 Å². The van der Waals surface area contributed by atoms with E-state index in [0.717, 1.165) is 17.1 Å². The number of aliphatic imine (C=N–C) groups is 1. The van der Waals surface area contributed by atoms with Crippen molar-refractivity contribution in [1.29, 1.82) is 0 Å².